The second kappa shape index (κ2) is 8.87. The predicted molar refractivity (Wildman–Crippen MR) is 159 cm³/mol. The third kappa shape index (κ3) is 4.20. The Morgan fingerprint density at radius 2 is 1.61 bits per heavy atom. The monoisotopic (exact) mass is 501 g/mol. The molecule has 3 nitrogen and oxygen atoms in total. The van der Waals surface area contributed by atoms with E-state index in [1.165, 1.54) is 27.3 Å². The van der Waals surface area contributed by atoms with Crippen molar-refractivity contribution in [3.05, 3.63) is 89.4 Å². The van der Waals surface area contributed by atoms with Crippen LogP contribution in [-0.2, 0) is 11.8 Å². The van der Waals surface area contributed by atoms with Gasteiger partial charge in [-0.3, -0.25) is 0 Å². The minimum atomic E-state index is 0.00572. The summed E-state index contributed by atoms with van der Waals surface area (Å²) in [5.74, 6) is 2.42. The van der Waals surface area contributed by atoms with E-state index >= 15 is 0 Å². The Hall–Kier alpha value is -3.85. The number of hydrogen-bond donors (Lipinski definition) is 0. The molecule has 3 aromatic heterocycles. The molecule has 0 spiro atoms. The number of aromatic nitrogens is 1. The van der Waals surface area contributed by atoms with E-state index in [2.05, 4.69) is 102 Å². The molecule has 3 aromatic carbocycles. The minimum absolute atomic E-state index is 0.00572. The van der Waals surface area contributed by atoms with Crippen LogP contribution in [0.15, 0.2) is 75.6 Å². The SMILES string of the molecule is Cc1cc2nc(-c3cc(C(C)(C)C)c4ccccc4c3)cc(-c3ccc4oc(C)c(CC(C)C)c4c3)c2o1. The van der Waals surface area contributed by atoms with Crippen LogP contribution in [0, 0.1) is 19.8 Å². The van der Waals surface area contributed by atoms with Crippen molar-refractivity contribution in [2.24, 2.45) is 5.92 Å². The Labute approximate surface area is 224 Å². The highest BCUT2D eigenvalue weighted by atomic mass is 16.3. The van der Waals surface area contributed by atoms with Gasteiger partial charge in [0.05, 0.1) is 5.69 Å². The van der Waals surface area contributed by atoms with E-state index in [1.807, 2.05) is 13.0 Å². The minimum Gasteiger partial charge on any atom is -0.461 e. The van der Waals surface area contributed by atoms with Crippen LogP contribution in [0.3, 0.4) is 0 Å². The van der Waals surface area contributed by atoms with Crippen LogP contribution in [0.2, 0.25) is 0 Å². The normalized spacial score (nSPS) is 12.4. The van der Waals surface area contributed by atoms with Crippen molar-refractivity contribution in [2.75, 3.05) is 0 Å². The number of fused-ring (bicyclic) bond motifs is 3. The number of pyridine rings is 1. The molecule has 6 rings (SSSR count). The van der Waals surface area contributed by atoms with Crippen LogP contribution in [-0.4, -0.2) is 4.98 Å². The maximum Gasteiger partial charge on any atom is 0.160 e. The van der Waals surface area contributed by atoms with Gasteiger partial charge in [0.25, 0.3) is 0 Å². The Balaban J connectivity index is 1.60. The highest BCUT2D eigenvalue weighted by Crippen LogP contribution is 2.39. The number of rotatable bonds is 4. The Kier molecular flexibility index (Phi) is 5.72. The van der Waals surface area contributed by atoms with Crippen molar-refractivity contribution >= 4 is 32.8 Å². The summed E-state index contributed by atoms with van der Waals surface area (Å²) in [5, 5.41) is 3.71. The highest BCUT2D eigenvalue weighted by molar-refractivity contribution is 5.98. The zero-order chi connectivity index (χ0) is 26.8. The van der Waals surface area contributed by atoms with Gasteiger partial charge in [-0.15, -0.1) is 0 Å². The summed E-state index contributed by atoms with van der Waals surface area (Å²) in [6.45, 7) is 15.4. The molecule has 6 aromatic rings. The largest absolute Gasteiger partial charge is 0.461 e. The molecule has 0 atom stereocenters. The Bertz CT molecular complexity index is 1820. The first-order valence-corrected chi connectivity index (χ1v) is 13.6. The molecule has 0 aliphatic rings. The molecule has 0 bridgehead atoms. The third-order valence-electron chi connectivity index (χ3n) is 7.48. The smallest absolute Gasteiger partial charge is 0.160 e. The van der Waals surface area contributed by atoms with Gasteiger partial charge in [-0.25, -0.2) is 4.98 Å². The molecular formula is C35H35NO2. The molecule has 0 fully saturated rings. The molecule has 3 heteroatoms. The van der Waals surface area contributed by atoms with Crippen molar-refractivity contribution in [2.45, 2.75) is 60.3 Å². The quantitative estimate of drug-likeness (QED) is 0.241. The summed E-state index contributed by atoms with van der Waals surface area (Å²) in [6.07, 6.45) is 0.992. The molecular weight excluding hydrogens is 466 g/mol. The van der Waals surface area contributed by atoms with Crippen LogP contribution < -0.4 is 0 Å². The van der Waals surface area contributed by atoms with E-state index in [4.69, 9.17) is 13.8 Å². The summed E-state index contributed by atoms with van der Waals surface area (Å²) in [7, 11) is 0. The Morgan fingerprint density at radius 3 is 2.37 bits per heavy atom. The lowest BCUT2D eigenvalue weighted by Gasteiger charge is -2.23. The van der Waals surface area contributed by atoms with E-state index in [0.717, 1.165) is 57.0 Å². The third-order valence-corrected chi connectivity index (χ3v) is 7.48. The second-order valence-corrected chi connectivity index (χ2v) is 12.1. The summed E-state index contributed by atoms with van der Waals surface area (Å²) in [5.41, 5.74) is 9.51. The fourth-order valence-electron chi connectivity index (χ4n) is 5.68. The predicted octanol–water partition coefficient (Wildman–Crippen LogP) is 10.2. The topological polar surface area (TPSA) is 39.2 Å². The molecule has 192 valence electrons. The maximum absolute atomic E-state index is 6.22. The van der Waals surface area contributed by atoms with Crippen LogP contribution in [0.5, 0.6) is 0 Å². The number of hydrogen-bond acceptors (Lipinski definition) is 3. The van der Waals surface area contributed by atoms with Crippen LogP contribution in [0.1, 0.15) is 57.3 Å². The maximum atomic E-state index is 6.22. The summed E-state index contributed by atoms with van der Waals surface area (Å²) >= 11 is 0. The summed E-state index contributed by atoms with van der Waals surface area (Å²) in [4.78, 5) is 5.09. The summed E-state index contributed by atoms with van der Waals surface area (Å²) < 4.78 is 12.3. The first-order chi connectivity index (χ1) is 18.1. The molecule has 0 radical (unpaired) electrons. The van der Waals surface area contributed by atoms with Gasteiger partial charge < -0.3 is 8.83 Å². The van der Waals surface area contributed by atoms with Gasteiger partial charge in [0.15, 0.2) is 5.58 Å². The van der Waals surface area contributed by atoms with Crippen LogP contribution in [0.4, 0.5) is 0 Å². The highest BCUT2D eigenvalue weighted by Gasteiger charge is 2.21. The number of benzene rings is 3. The molecule has 0 saturated carbocycles. The molecule has 0 N–H and O–H groups in total. The molecule has 0 aliphatic carbocycles. The van der Waals surface area contributed by atoms with E-state index in [9.17, 15) is 0 Å². The lowest BCUT2D eigenvalue weighted by Crippen LogP contribution is -2.12. The average molecular weight is 502 g/mol. The standard InChI is InChI=1S/C35H35NO2/c1-20(2)14-27-22(4)38-33-13-12-24(17-29(27)33)28-19-31(36-32-15-21(3)37-34(28)32)25-16-23-10-8-9-11-26(23)30(18-25)35(5,6)7/h8-13,15-20H,14H2,1-7H3. The van der Waals surface area contributed by atoms with Gasteiger partial charge in [-0.1, -0.05) is 65.0 Å². The molecule has 0 amide bonds. The van der Waals surface area contributed by atoms with E-state index < -0.39 is 0 Å². The van der Waals surface area contributed by atoms with Crippen LogP contribution in [0.25, 0.3) is 55.2 Å². The molecule has 0 saturated heterocycles. The van der Waals surface area contributed by atoms with E-state index in [1.54, 1.807) is 0 Å². The van der Waals surface area contributed by atoms with Gasteiger partial charge in [0.1, 0.15) is 22.6 Å². The van der Waals surface area contributed by atoms with Gasteiger partial charge in [0, 0.05) is 28.1 Å². The fourth-order valence-corrected chi connectivity index (χ4v) is 5.68. The lowest BCUT2D eigenvalue weighted by molar-refractivity contribution is 0.560. The first kappa shape index (κ1) is 24.5. The van der Waals surface area contributed by atoms with Gasteiger partial charge in [-0.05, 0) is 83.8 Å². The Morgan fingerprint density at radius 1 is 0.816 bits per heavy atom. The molecule has 38 heavy (non-hydrogen) atoms. The zero-order valence-corrected chi connectivity index (χ0v) is 23.4. The van der Waals surface area contributed by atoms with Crippen LogP contribution >= 0.6 is 0 Å². The van der Waals surface area contributed by atoms with Crippen molar-refractivity contribution in [3.8, 4) is 22.4 Å². The number of nitrogens with zero attached hydrogens (tertiary/aromatic N) is 1. The zero-order valence-electron chi connectivity index (χ0n) is 23.4. The lowest BCUT2D eigenvalue weighted by atomic mass is 9.82. The average Bonchev–Trinajstić information content (AvgIpc) is 3.39. The molecule has 0 aliphatic heterocycles. The number of aryl methyl sites for hydroxylation is 2. The van der Waals surface area contributed by atoms with E-state index in [-0.39, 0.29) is 5.41 Å². The number of furan rings is 2. The van der Waals surface area contributed by atoms with E-state index in [0.29, 0.717) is 5.92 Å². The second-order valence-electron chi connectivity index (χ2n) is 12.1. The van der Waals surface area contributed by atoms with Crippen molar-refractivity contribution < 1.29 is 8.83 Å². The summed E-state index contributed by atoms with van der Waals surface area (Å²) in [6, 6.07) is 24.0. The first-order valence-electron chi connectivity index (χ1n) is 13.6. The molecule has 3 heterocycles. The van der Waals surface area contributed by atoms with Crippen molar-refractivity contribution in [1.82, 2.24) is 4.98 Å². The van der Waals surface area contributed by atoms with Gasteiger partial charge >= 0.3 is 0 Å². The molecule has 0 unspecified atom stereocenters. The van der Waals surface area contributed by atoms with Crippen molar-refractivity contribution in [1.29, 1.82) is 0 Å². The van der Waals surface area contributed by atoms with Gasteiger partial charge in [0.2, 0.25) is 0 Å². The van der Waals surface area contributed by atoms with Gasteiger partial charge in [-0.2, -0.15) is 0 Å². The fraction of sp³-hybridized carbons (Fsp3) is 0.286. The van der Waals surface area contributed by atoms with Crippen molar-refractivity contribution in [3.63, 3.8) is 0 Å².